The summed E-state index contributed by atoms with van der Waals surface area (Å²) in [6.45, 7) is -0.274. The summed E-state index contributed by atoms with van der Waals surface area (Å²) in [7, 11) is 0. The lowest BCUT2D eigenvalue weighted by molar-refractivity contribution is 0.273. The average Bonchev–Trinajstić information content (AvgIpc) is 2.64. The van der Waals surface area contributed by atoms with Crippen molar-refractivity contribution >= 4 is 43.5 Å². The molecule has 0 fully saturated rings. The van der Waals surface area contributed by atoms with E-state index in [-0.39, 0.29) is 24.3 Å². The molecule has 25 heavy (non-hydrogen) atoms. The number of fused-ring (bicyclic) bond motifs is 2. The first kappa shape index (κ1) is 14.2. The maximum Gasteiger partial charge on any atom is 0.261 e. The lowest BCUT2D eigenvalue weighted by atomic mass is 9.96. The van der Waals surface area contributed by atoms with Gasteiger partial charge in [-0.1, -0.05) is 24.3 Å². The van der Waals surface area contributed by atoms with Crippen LogP contribution in [0.1, 0.15) is 0 Å². The Balaban J connectivity index is 2.13. The van der Waals surface area contributed by atoms with Crippen LogP contribution < -0.4 is 11.1 Å². The fraction of sp³-hybridized carbons (Fsp3) is 0.100. The van der Waals surface area contributed by atoms with Crippen molar-refractivity contribution in [1.29, 1.82) is 0 Å². The van der Waals surface area contributed by atoms with Crippen molar-refractivity contribution in [2.45, 2.75) is 6.54 Å². The van der Waals surface area contributed by atoms with E-state index in [1.165, 1.54) is 0 Å². The van der Waals surface area contributed by atoms with E-state index in [0.29, 0.717) is 21.7 Å². The zero-order valence-corrected chi connectivity index (χ0v) is 13.2. The molecule has 0 bridgehead atoms. The second-order valence-electron chi connectivity index (χ2n) is 6.11. The molecule has 2 heterocycles. The largest absolute Gasteiger partial charge is 0.456 e. The standard InChI is InChI=1S/C20H13NO4/c22-10-9-21-19(23)13-6-5-12-11-3-1-2-4-15(11)25-16-8-7-14(20(21)24)17(13)18(12)16/h1-8,22H,9-10H2. The van der Waals surface area contributed by atoms with Gasteiger partial charge in [0.2, 0.25) is 0 Å². The third-order valence-electron chi connectivity index (χ3n) is 4.79. The molecule has 5 aromatic rings. The number of nitrogens with zero attached hydrogens (tertiary/aromatic N) is 1. The maximum absolute atomic E-state index is 12.7. The van der Waals surface area contributed by atoms with Crippen LogP contribution in [0.2, 0.25) is 0 Å². The number of hydrogen-bond donors (Lipinski definition) is 1. The average molecular weight is 331 g/mol. The van der Waals surface area contributed by atoms with E-state index < -0.39 is 0 Å². The van der Waals surface area contributed by atoms with Gasteiger partial charge in [-0.05, 0) is 29.7 Å². The van der Waals surface area contributed by atoms with Crippen LogP contribution in [-0.2, 0) is 6.54 Å². The predicted octanol–water partition coefficient (Wildman–Crippen LogP) is 2.84. The molecule has 0 amide bonds. The minimum atomic E-state index is -0.380. The Hall–Kier alpha value is -3.18. The van der Waals surface area contributed by atoms with Gasteiger partial charge in [-0.2, -0.15) is 0 Å². The molecule has 0 radical (unpaired) electrons. The zero-order chi connectivity index (χ0) is 17.1. The lowest BCUT2D eigenvalue weighted by Gasteiger charge is -2.13. The number of aliphatic hydroxyl groups excluding tert-OH is 1. The number of aromatic nitrogens is 1. The van der Waals surface area contributed by atoms with Gasteiger partial charge in [0.1, 0.15) is 11.2 Å². The van der Waals surface area contributed by atoms with E-state index in [0.717, 1.165) is 26.3 Å². The Kier molecular flexibility index (Phi) is 2.79. The normalized spacial score (nSPS) is 12.0. The zero-order valence-electron chi connectivity index (χ0n) is 13.2. The van der Waals surface area contributed by atoms with Crippen molar-refractivity contribution in [2.75, 3.05) is 6.61 Å². The number of para-hydroxylation sites is 1. The molecule has 0 spiro atoms. The molecule has 2 aromatic heterocycles. The van der Waals surface area contributed by atoms with E-state index in [9.17, 15) is 14.7 Å². The van der Waals surface area contributed by atoms with Gasteiger partial charge < -0.3 is 9.52 Å². The quantitative estimate of drug-likeness (QED) is 0.399. The summed E-state index contributed by atoms with van der Waals surface area (Å²) in [6.07, 6.45) is 0. The van der Waals surface area contributed by atoms with Gasteiger partial charge in [0.25, 0.3) is 11.1 Å². The minimum Gasteiger partial charge on any atom is -0.456 e. The van der Waals surface area contributed by atoms with Crippen LogP contribution in [0.4, 0.5) is 0 Å². The molecule has 0 aliphatic rings. The Morgan fingerprint density at radius 1 is 0.760 bits per heavy atom. The molecule has 122 valence electrons. The van der Waals surface area contributed by atoms with Crippen LogP contribution in [0.15, 0.2) is 62.5 Å². The molecular weight excluding hydrogens is 318 g/mol. The molecule has 5 nitrogen and oxygen atoms in total. The molecule has 1 N–H and O–H groups in total. The van der Waals surface area contributed by atoms with Crippen LogP contribution >= 0.6 is 0 Å². The van der Waals surface area contributed by atoms with Crippen molar-refractivity contribution in [2.24, 2.45) is 0 Å². The smallest absolute Gasteiger partial charge is 0.261 e. The van der Waals surface area contributed by atoms with Crippen LogP contribution in [-0.4, -0.2) is 16.3 Å². The summed E-state index contributed by atoms with van der Waals surface area (Å²) < 4.78 is 7.09. The summed E-state index contributed by atoms with van der Waals surface area (Å²) in [6, 6.07) is 14.8. The highest BCUT2D eigenvalue weighted by atomic mass is 16.3. The Labute approximate surface area is 140 Å². The van der Waals surface area contributed by atoms with Crippen molar-refractivity contribution in [3.05, 3.63) is 69.2 Å². The minimum absolute atomic E-state index is 0.0125. The molecule has 5 rings (SSSR count). The fourth-order valence-corrected chi connectivity index (χ4v) is 3.71. The first-order valence-corrected chi connectivity index (χ1v) is 8.04. The van der Waals surface area contributed by atoms with Gasteiger partial charge in [0.05, 0.1) is 13.2 Å². The third-order valence-corrected chi connectivity index (χ3v) is 4.79. The van der Waals surface area contributed by atoms with Crippen LogP contribution in [0.25, 0.3) is 43.5 Å². The predicted molar refractivity (Wildman–Crippen MR) is 97.5 cm³/mol. The van der Waals surface area contributed by atoms with E-state index >= 15 is 0 Å². The highest BCUT2D eigenvalue weighted by Crippen LogP contribution is 2.36. The number of benzene rings is 3. The molecule has 0 unspecified atom stereocenters. The topological polar surface area (TPSA) is 72.4 Å². The molecule has 3 aromatic carbocycles. The van der Waals surface area contributed by atoms with E-state index in [2.05, 4.69) is 0 Å². The van der Waals surface area contributed by atoms with E-state index in [4.69, 9.17) is 4.42 Å². The SMILES string of the molecule is O=c1c2ccc3oc4ccccc4c4ccc(c(=O)n1CCO)c2c34. The Morgan fingerprint density at radius 2 is 1.44 bits per heavy atom. The third kappa shape index (κ3) is 1.76. The Bertz CT molecular complexity index is 1360. The summed E-state index contributed by atoms with van der Waals surface area (Å²) in [5.41, 5.74) is 0.641. The van der Waals surface area contributed by atoms with Crippen LogP contribution in [0.5, 0.6) is 0 Å². The first-order chi connectivity index (χ1) is 12.2. The van der Waals surface area contributed by atoms with Gasteiger partial charge >= 0.3 is 0 Å². The van der Waals surface area contributed by atoms with E-state index in [1.54, 1.807) is 18.2 Å². The molecule has 0 aliphatic carbocycles. The number of pyridine rings is 1. The first-order valence-electron chi connectivity index (χ1n) is 8.04. The van der Waals surface area contributed by atoms with E-state index in [1.807, 2.05) is 30.3 Å². The molecule has 0 saturated heterocycles. The number of hydrogen-bond acceptors (Lipinski definition) is 4. The van der Waals surface area contributed by atoms with Gasteiger partial charge in [0.15, 0.2) is 0 Å². The summed E-state index contributed by atoms with van der Waals surface area (Å²) >= 11 is 0. The number of aliphatic hydroxyl groups is 1. The van der Waals surface area contributed by atoms with Gasteiger partial charge in [-0.3, -0.25) is 14.2 Å². The monoisotopic (exact) mass is 331 g/mol. The van der Waals surface area contributed by atoms with Crippen LogP contribution in [0.3, 0.4) is 0 Å². The summed E-state index contributed by atoms with van der Waals surface area (Å²) in [5, 5.41) is 13.4. The second-order valence-corrected chi connectivity index (χ2v) is 6.11. The Morgan fingerprint density at radius 3 is 2.20 bits per heavy atom. The van der Waals surface area contributed by atoms with Gasteiger partial charge in [-0.25, -0.2) is 0 Å². The van der Waals surface area contributed by atoms with Gasteiger partial charge in [-0.15, -0.1) is 0 Å². The molecular formula is C20H13NO4. The van der Waals surface area contributed by atoms with Crippen molar-refractivity contribution in [3.63, 3.8) is 0 Å². The highest BCUT2D eigenvalue weighted by Gasteiger charge is 2.18. The second kappa shape index (κ2) is 4.91. The number of rotatable bonds is 2. The molecule has 0 aliphatic heterocycles. The molecule has 0 atom stereocenters. The lowest BCUT2D eigenvalue weighted by Crippen LogP contribution is -2.34. The van der Waals surface area contributed by atoms with Crippen molar-refractivity contribution in [1.82, 2.24) is 4.57 Å². The summed E-state index contributed by atoms with van der Waals surface area (Å²) in [4.78, 5) is 25.5. The van der Waals surface area contributed by atoms with Gasteiger partial charge in [0, 0.05) is 26.9 Å². The fourth-order valence-electron chi connectivity index (χ4n) is 3.71. The summed E-state index contributed by atoms with van der Waals surface area (Å²) in [5.74, 6) is 0. The molecule has 5 heteroatoms. The highest BCUT2D eigenvalue weighted by molar-refractivity contribution is 6.26. The molecule has 0 saturated carbocycles. The van der Waals surface area contributed by atoms with Crippen LogP contribution in [0, 0.1) is 0 Å². The van der Waals surface area contributed by atoms with Crippen molar-refractivity contribution < 1.29 is 9.52 Å². The van der Waals surface area contributed by atoms with Crippen molar-refractivity contribution in [3.8, 4) is 0 Å². The maximum atomic E-state index is 12.7.